The summed E-state index contributed by atoms with van der Waals surface area (Å²) in [5.74, 6) is 0.791. The first-order valence-corrected chi connectivity index (χ1v) is 6.87. The molecule has 1 aliphatic heterocycles. The molecule has 1 N–H and O–H groups in total. The monoisotopic (exact) mass is 269 g/mol. The number of hydrogen-bond acceptors (Lipinski definition) is 5. The van der Waals surface area contributed by atoms with E-state index in [0.717, 1.165) is 36.8 Å². The van der Waals surface area contributed by atoms with Crippen LogP contribution in [0.1, 0.15) is 13.8 Å². The zero-order valence-corrected chi connectivity index (χ0v) is 11.9. The van der Waals surface area contributed by atoms with Crippen molar-refractivity contribution in [3.63, 3.8) is 0 Å². The van der Waals surface area contributed by atoms with Gasteiger partial charge < -0.3 is 10.2 Å². The van der Waals surface area contributed by atoms with Crippen molar-refractivity contribution < 1.29 is 0 Å². The Morgan fingerprint density at radius 1 is 1.15 bits per heavy atom. The molecule has 0 spiro atoms. The van der Waals surface area contributed by atoms with Crippen molar-refractivity contribution in [2.75, 3.05) is 24.5 Å². The summed E-state index contributed by atoms with van der Waals surface area (Å²) in [6.07, 6.45) is 5.47. The molecule has 2 aromatic rings. The van der Waals surface area contributed by atoms with Crippen molar-refractivity contribution in [3.8, 4) is 11.3 Å². The molecule has 20 heavy (non-hydrogen) atoms. The lowest BCUT2D eigenvalue weighted by Crippen LogP contribution is -2.57. The standard InChI is InChI=1S/C15H19N5/c1-15(2)11-20(8-7-19-15)14-17-9-12(10-18-14)13-5-3-4-6-16-13/h3-6,9-10,19H,7-8,11H2,1-2H3. The Hall–Kier alpha value is -2.01. The van der Waals surface area contributed by atoms with E-state index in [0.29, 0.717) is 0 Å². The highest BCUT2D eigenvalue weighted by molar-refractivity contribution is 5.57. The van der Waals surface area contributed by atoms with Gasteiger partial charge in [-0.05, 0) is 26.0 Å². The molecular formula is C15H19N5. The van der Waals surface area contributed by atoms with Crippen LogP contribution in [0.4, 0.5) is 5.95 Å². The van der Waals surface area contributed by atoms with Crippen LogP contribution in [0.15, 0.2) is 36.8 Å². The highest BCUT2D eigenvalue weighted by Crippen LogP contribution is 2.18. The lowest BCUT2D eigenvalue weighted by Gasteiger charge is -2.39. The average molecular weight is 269 g/mol. The molecule has 1 aliphatic rings. The fraction of sp³-hybridized carbons (Fsp3) is 0.400. The minimum Gasteiger partial charge on any atom is -0.338 e. The van der Waals surface area contributed by atoms with Crippen LogP contribution in [0.2, 0.25) is 0 Å². The van der Waals surface area contributed by atoms with Gasteiger partial charge in [0.2, 0.25) is 5.95 Å². The fourth-order valence-corrected chi connectivity index (χ4v) is 2.46. The highest BCUT2D eigenvalue weighted by atomic mass is 15.3. The highest BCUT2D eigenvalue weighted by Gasteiger charge is 2.26. The van der Waals surface area contributed by atoms with Gasteiger partial charge in [0.15, 0.2) is 0 Å². The molecule has 3 rings (SSSR count). The molecule has 1 saturated heterocycles. The maximum Gasteiger partial charge on any atom is 0.225 e. The van der Waals surface area contributed by atoms with E-state index in [9.17, 15) is 0 Å². The molecule has 3 heterocycles. The van der Waals surface area contributed by atoms with Crippen LogP contribution in [-0.2, 0) is 0 Å². The summed E-state index contributed by atoms with van der Waals surface area (Å²) in [6.45, 7) is 7.20. The maximum absolute atomic E-state index is 4.49. The van der Waals surface area contributed by atoms with Gasteiger partial charge in [0.1, 0.15) is 0 Å². The van der Waals surface area contributed by atoms with Gasteiger partial charge in [0.25, 0.3) is 0 Å². The maximum atomic E-state index is 4.49. The SMILES string of the molecule is CC1(C)CN(c2ncc(-c3ccccn3)cn2)CCN1. The van der Waals surface area contributed by atoms with E-state index >= 15 is 0 Å². The lowest BCUT2D eigenvalue weighted by atomic mass is 10.0. The van der Waals surface area contributed by atoms with Crippen LogP contribution in [0.3, 0.4) is 0 Å². The molecule has 5 heteroatoms. The molecule has 0 aliphatic carbocycles. The predicted octanol–water partition coefficient (Wildman–Crippen LogP) is 1.73. The minimum absolute atomic E-state index is 0.0985. The quantitative estimate of drug-likeness (QED) is 0.899. The van der Waals surface area contributed by atoms with E-state index in [4.69, 9.17) is 0 Å². The molecule has 0 aromatic carbocycles. The zero-order chi connectivity index (χ0) is 14.0. The van der Waals surface area contributed by atoms with Crippen molar-refractivity contribution in [3.05, 3.63) is 36.8 Å². The predicted molar refractivity (Wildman–Crippen MR) is 79.6 cm³/mol. The number of piperazine rings is 1. The topological polar surface area (TPSA) is 53.9 Å². The number of anilines is 1. The molecule has 104 valence electrons. The van der Waals surface area contributed by atoms with Gasteiger partial charge in [0, 0.05) is 49.3 Å². The Kier molecular flexibility index (Phi) is 3.36. The molecule has 0 bridgehead atoms. The van der Waals surface area contributed by atoms with E-state index in [-0.39, 0.29) is 5.54 Å². The Bertz CT molecular complexity index is 565. The van der Waals surface area contributed by atoms with Crippen LogP contribution in [0, 0.1) is 0 Å². The Labute approximate surface area is 119 Å². The summed E-state index contributed by atoms with van der Waals surface area (Å²) in [4.78, 5) is 15.5. The van der Waals surface area contributed by atoms with Crippen molar-refractivity contribution in [1.29, 1.82) is 0 Å². The van der Waals surface area contributed by atoms with Crippen LogP contribution in [-0.4, -0.2) is 40.1 Å². The largest absolute Gasteiger partial charge is 0.338 e. The fourth-order valence-electron chi connectivity index (χ4n) is 2.46. The van der Waals surface area contributed by atoms with Gasteiger partial charge in [-0.1, -0.05) is 6.07 Å². The first-order chi connectivity index (χ1) is 9.64. The van der Waals surface area contributed by atoms with E-state index in [1.165, 1.54) is 0 Å². The smallest absolute Gasteiger partial charge is 0.225 e. The van der Waals surface area contributed by atoms with Crippen molar-refractivity contribution in [2.24, 2.45) is 0 Å². The van der Waals surface area contributed by atoms with Crippen LogP contribution >= 0.6 is 0 Å². The molecule has 2 aromatic heterocycles. The number of nitrogens with one attached hydrogen (secondary N) is 1. The molecule has 0 radical (unpaired) electrons. The van der Waals surface area contributed by atoms with Gasteiger partial charge in [-0.25, -0.2) is 9.97 Å². The number of rotatable bonds is 2. The van der Waals surface area contributed by atoms with Gasteiger partial charge >= 0.3 is 0 Å². The molecule has 0 unspecified atom stereocenters. The second kappa shape index (κ2) is 5.17. The third-order valence-corrected chi connectivity index (χ3v) is 3.45. The van der Waals surface area contributed by atoms with Crippen LogP contribution in [0.25, 0.3) is 11.3 Å². The molecule has 5 nitrogen and oxygen atoms in total. The van der Waals surface area contributed by atoms with Crippen LogP contribution in [0.5, 0.6) is 0 Å². The van der Waals surface area contributed by atoms with Gasteiger partial charge in [-0.15, -0.1) is 0 Å². The normalized spacial score (nSPS) is 18.0. The Morgan fingerprint density at radius 2 is 1.95 bits per heavy atom. The summed E-state index contributed by atoms with van der Waals surface area (Å²) in [6, 6.07) is 5.84. The summed E-state index contributed by atoms with van der Waals surface area (Å²) in [5, 5.41) is 3.49. The summed E-state index contributed by atoms with van der Waals surface area (Å²) >= 11 is 0. The van der Waals surface area contributed by atoms with Crippen molar-refractivity contribution in [1.82, 2.24) is 20.3 Å². The van der Waals surface area contributed by atoms with Crippen LogP contribution < -0.4 is 10.2 Å². The molecule has 1 fully saturated rings. The van der Waals surface area contributed by atoms with E-state index in [1.54, 1.807) is 6.20 Å². The molecule has 0 atom stereocenters. The number of hydrogen-bond donors (Lipinski definition) is 1. The van der Waals surface area contributed by atoms with Gasteiger partial charge in [-0.2, -0.15) is 0 Å². The lowest BCUT2D eigenvalue weighted by molar-refractivity contribution is 0.350. The minimum atomic E-state index is 0.0985. The van der Waals surface area contributed by atoms with E-state index < -0.39 is 0 Å². The number of nitrogens with zero attached hydrogens (tertiary/aromatic N) is 4. The third kappa shape index (κ3) is 2.77. The van der Waals surface area contributed by atoms with Crippen molar-refractivity contribution >= 4 is 5.95 Å². The summed E-state index contributed by atoms with van der Waals surface area (Å²) in [5.41, 5.74) is 1.95. The summed E-state index contributed by atoms with van der Waals surface area (Å²) < 4.78 is 0. The Balaban J connectivity index is 1.80. The number of aromatic nitrogens is 3. The second-order valence-corrected chi connectivity index (χ2v) is 5.72. The van der Waals surface area contributed by atoms with Crippen molar-refractivity contribution in [2.45, 2.75) is 19.4 Å². The van der Waals surface area contributed by atoms with E-state index in [1.807, 2.05) is 30.6 Å². The molecular weight excluding hydrogens is 250 g/mol. The zero-order valence-electron chi connectivity index (χ0n) is 11.9. The van der Waals surface area contributed by atoms with E-state index in [2.05, 4.69) is 39.0 Å². The Morgan fingerprint density at radius 3 is 2.60 bits per heavy atom. The first-order valence-electron chi connectivity index (χ1n) is 6.87. The summed E-state index contributed by atoms with van der Waals surface area (Å²) in [7, 11) is 0. The third-order valence-electron chi connectivity index (χ3n) is 3.45. The molecule has 0 saturated carbocycles. The molecule has 0 amide bonds. The first kappa shape index (κ1) is 13.0. The van der Waals surface area contributed by atoms with Gasteiger partial charge in [0.05, 0.1) is 5.69 Å². The second-order valence-electron chi connectivity index (χ2n) is 5.72. The van der Waals surface area contributed by atoms with Gasteiger partial charge in [-0.3, -0.25) is 4.98 Å². The average Bonchev–Trinajstić information content (AvgIpc) is 2.47. The number of pyridine rings is 1.